The summed E-state index contributed by atoms with van der Waals surface area (Å²) in [5.74, 6) is 5.15. The second-order valence-electron chi connectivity index (χ2n) is 3.11. The largest absolute Gasteiger partial charge is 0.384 e. The Labute approximate surface area is 101 Å². The fourth-order valence-corrected chi connectivity index (χ4v) is 2.11. The molecule has 1 aromatic carbocycles. The van der Waals surface area contributed by atoms with Crippen LogP contribution in [0, 0.1) is 11.8 Å². The van der Waals surface area contributed by atoms with E-state index >= 15 is 0 Å². The molecule has 5 nitrogen and oxygen atoms in total. The number of aliphatic hydroxyl groups is 1. The average molecular weight is 254 g/mol. The molecule has 0 spiro atoms. The number of hydrogen-bond acceptors (Lipinski definition) is 3. The van der Waals surface area contributed by atoms with Crippen LogP contribution in [0.1, 0.15) is 12.5 Å². The number of anilines is 1. The lowest BCUT2D eigenvalue weighted by Crippen LogP contribution is -2.30. The third-order valence-electron chi connectivity index (χ3n) is 1.81. The Morgan fingerprint density at radius 1 is 1.35 bits per heavy atom. The van der Waals surface area contributed by atoms with Gasteiger partial charge in [-0.05, 0) is 12.1 Å². The lowest BCUT2D eigenvalue weighted by Gasteiger charge is -2.09. The van der Waals surface area contributed by atoms with E-state index < -0.39 is 10.2 Å². The van der Waals surface area contributed by atoms with Crippen LogP contribution < -0.4 is 9.44 Å². The van der Waals surface area contributed by atoms with E-state index in [0.717, 1.165) is 0 Å². The van der Waals surface area contributed by atoms with Crippen molar-refractivity contribution < 1.29 is 13.5 Å². The van der Waals surface area contributed by atoms with Crippen LogP contribution >= 0.6 is 0 Å². The van der Waals surface area contributed by atoms with E-state index in [1.165, 1.54) is 0 Å². The van der Waals surface area contributed by atoms with E-state index in [0.29, 0.717) is 17.8 Å². The Hall–Kier alpha value is -1.55. The zero-order valence-electron chi connectivity index (χ0n) is 9.40. The molecule has 0 aromatic heterocycles. The Morgan fingerprint density at radius 3 is 2.71 bits per heavy atom. The van der Waals surface area contributed by atoms with Crippen LogP contribution in [-0.2, 0) is 10.2 Å². The fraction of sp³-hybridized carbons (Fsp3) is 0.273. The molecule has 0 fully saturated rings. The highest BCUT2D eigenvalue weighted by atomic mass is 32.2. The molecule has 0 bridgehead atoms. The molecule has 0 aliphatic carbocycles. The van der Waals surface area contributed by atoms with E-state index in [1.54, 1.807) is 31.2 Å². The molecule has 17 heavy (non-hydrogen) atoms. The quantitative estimate of drug-likeness (QED) is 0.676. The first kappa shape index (κ1) is 13.5. The minimum absolute atomic E-state index is 0.270. The van der Waals surface area contributed by atoms with Crippen molar-refractivity contribution in [3.8, 4) is 11.8 Å². The van der Waals surface area contributed by atoms with Crippen molar-refractivity contribution >= 4 is 15.9 Å². The molecule has 6 heteroatoms. The minimum Gasteiger partial charge on any atom is -0.384 e. The van der Waals surface area contributed by atoms with E-state index in [9.17, 15) is 8.42 Å². The summed E-state index contributed by atoms with van der Waals surface area (Å²) in [7, 11) is -3.56. The summed E-state index contributed by atoms with van der Waals surface area (Å²) in [5, 5.41) is 8.61. The summed E-state index contributed by atoms with van der Waals surface area (Å²) < 4.78 is 27.7. The predicted molar refractivity (Wildman–Crippen MR) is 66.6 cm³/mol. The van der Waals surface area contributed by atoms with Crippen molar-refractivity contribution in [1.29, 1.82) is 0 Å². The van der Waals surface area contributed by atoms with E-state index in [-0.39, 0.29) is 6.61 Å². The van der Waals surface area contributed by atoms with Crippen molar-refractivity contribution in [1.82, 2.24) is 4.72 Å². The van der Waals surface area contributed by atoms with Crippen molar-refractivity contribution in [2.75, 3.05) is 17.9 Å². The summed E-state index contributed by atoms with van der Waals surface area (Å²) >= 11 is 0. The molecular formula is C11H14N2O3S. The Kier molecular flexibility index (Phi) is 4.97. The van der Waals surface area contributed by atoms with Gasteiger partial charge in [0.25, 0.3) is 10.2 Å². The molecule has 3 N–H and O–H groups in total. The van der Waals surface area contributed by atoms with Gasteiger partial charge in [-0.15, -0.1) is 0 Å². The molecule has 0 aliphatic heterocycles. The molecular weight excluding hydrogens is 240 g/mol. The lowest BCUT2D eigenvalue weighted by molar-refractivity contribution is 0.350. The summed E-state index contributed by atoms with van der Waals surface area (Å²) in [6, 6.07) is 6.73. The second-order valence-corrected chi connectivity index (χ2v) is 4.61. The van der Waals surface area contributed by atoms with Gasteiger partial charge in [0.2, 0.25) is 0 Å². The number of nitrogens with one attached hydrogen (secondary N) is 2. The van der Waals surface area contributed by atoms with Crippen molar-refractivity contribution in [3.63, 3.8) is 0 Å². The first-order valence-electron chi connectivity index (χ1n) is 5.05. The van der Waals surface area contributed by atoms with Crippen LogP contribution in [-0.4, -0.2) is 26.7 Å². The van der Waals surface area contributed by atoms with Crippen LogP contribution in [0.25, 0.3) is 0 Å². The fourth-order valence-electron chi connectivity index (χ4n) is 1.19. The van der Waals surface area contributed by atoms with Gasteiger partial charge >= 0.3 is 0 Å². The van der Waals surface area contributed by atoms with Gasteiger partial charge in [0.1, 0.15) is 6.61 Å². The average Bonchev–Trinajstić information content (AvgIpc) is 2.27. The van der Waals surface area contributed by atoms with Crippen LogP contribution in [0.15, 0.2) is 24.3 Å². The van der Waals surface area contributed by atoms with Crippen LogP contribution in [0.5, 0.6) is 0 Å². The molecule has 0 amide bonds. The third-order valence-corrected chi connectivity index (χ3v) is 2.97. The first-order valence-corrected chi connectivity index (χ1v) is 6.53. The van der Waals surface area contributed by atoms with Crippen molar-refractivity contribution in [2.45, 2.75) is 6.92 Å². The van der Waals surface area contributed by atoms with Gasteiger partial charge in [-0.2, -0.15) is 13.1 Å². The molecule has 0 unspecified atom stereocenters. The summed E-state index contributed by atoms with van der Waals surface area (Å²) in [5.41, 5.74) is 0.900. The SMILES string of the molecule is CCNS(=O)(=O)Nc1ccccc1C#CCO. The van der Waals surface area contributed by atoms with Gasteiger partial charge < -0.3 is 5.11 Å². The Morgan fingerprint density at radius 2 is 2.06 bits per heavy atom. The molecule has 0 radical (unpaired) electrons. The number of hydrogen-bond donors (Lipinski definition) is 3. The van der Waals surface area contributed by atoms with E-state index in [2.05, 4.69) is 21.3 Å². The van der Waals surface area contributed by atoms with E-state index in [4.69, 9.17) is 5.11 Å². The molecule has 0 aliphatic rings. The molecule has 1 rings (SSSR count). The van der Waals surface area contributed by atoms with Gasteiger partial charge in [-0.25, -0.2) is 0 Å². The molecule has 92 valence electrons. The maximum Gasteiger partial charge on any atom is 0.299 e. The normalized spacial score (nSPS) is 10.5. The highest BCUT2D eigenvalue weighted by molar-refractivity contribution is 7.90. The molecule has 0 heterocycles. The highest BCUT2D eigenvalue weighted by Crippen LogP contribution is 2.14. The highest BCUT2D eigenvalue weighted by Gasteiger charge is 2.09. The van der Waals surface area contributed by atoms with Gasteiger partial charge in [-0.3, -0.25) is 4.72 Å². The first-order chi connectivity index (χ1) is 8.09. The molecule has 1 aromatic rings. The Balaban J connectivity index is 2.99. The minimum atomic E-state index is -3.56. The number of rotatable bonds is 4. The monoisotopic (exact) mass is 254 g/mol. The van der Waals surface area contributed by atoms with Gasteiger partial charge in [-0.1, -0.05) is 30.9 Å². The van der Waals surface area contributed by atoms with Crippen molar-refractivity contribution in [2.24, 2.45) is 0 Å². The molecule has 0 saturated heterocycles. The zero-order valence-corrected chi connectivity index (χ0v) is 10.2. The third kappa shape index (κ3) is 4.44. The number of aliphatic hydroxyl groups excluding tert-OH is 1. The lowest BCUT2D eigenvalue weighted by atomic mass is 10.2. The van der Waals surface area contributed by atoms with Crippen molar-refractivity contribution in [3.05, 3.63) is 29.8 Å². The second kappa shape index (κ2) is 6.25. The standard InChI is InChI=1S/C11H14N2O3S/c1-2-12-17(15,16)13-11-8-4-3-6-10(11)7-5-9-14/h3-4,6,8,12-14H,2,9H2,1H3. The number of benzene rings is 1. The summed E-state index contributed by atoms with van der Waals surface area (Å²) in [6.45, 7) is 1.73. The maximum absolute atomic E-state index is 11.5. The summed E-state index contributed by atoms with van der Waals surface area (Å²) in [4.78, 5) is 0. The molecule has 0 atom stereocenters. The van der Waals surface area contributed by atoms with Gasteiger partial charge in [0.15, 0.2) is 0 Å². The Bertz CT molecular complexity index is 529. The number of para-hydroxylation sites is 1. The zero-order chi connectivity index (χ0) is 12.7. The topological polar surface area (TPSA) is 78.4 Å². The van der Waals surface area contributed by atoms with Gasteiger partial charge in [0.05, 0.1) is 5.69 Å². The van der Waals surface area contributed by atoms with E-state index in [1.807, 2.05) is 0 Å². The maximum atomic E-state index is 11.5. The molecule has 0 saturated carbocycles. The van der Waals surface area contributed by atoms with Gasteiger partial charge in [0, 0.05) is 12.1 Å². The predicted octanol–water partition coefficient (Wildman–Crippen LogP) is 0.297. The van der Waals surface area contributed by atoms with Crippen LogP contribution in [0.4, 0.5) is 5.69 Å². The summed E-state index contributed by atoms with van der Waals surface area (Å²) in [6.07, 6.45) is 0. The van der Waals surface area contributed by atoms with Crippen LogP contribution in [0.3, 0.4) is 0 Å². The smallest absolute Gasteiger partial charge is 0.299 e. The van der Waals surface area contributed by atoms with Crippen LogP contribution in [0.2, 0.25) is 0 Å².